The van der Waals surface area contributed by atoms with E-state index in [0.29, 0.717) is 29.6 Å². The van der Waals surface area contributed by atoms with Gasteiger partial charge in [-0.05, 0) is 74.5 Å². The first-order chi connectivity index (χ1) is 14.8. The number of carbonyl (C=O) groups is 2. The number of benzene rings is 1. The second kappa shape index (κ2) is 9.65. The number of aryl methyl sites for hydroxylation is 2. The first-order valence-electron chi connectivity index (χ1n) is 9.84. The lowest BCUT2D eigenvalue weighted by Gasteiger charge is -2.10. The van der Waals surface area contributed by atoms with E-state index in [0.717, 1.165) is 34.4 Å². The molecule has 2 heterocycles. The maximum Gasteiger partial charge on any atom is 0.342 e. The highest BCUT2D eigenvalue weighted by Gasteiger charge is 2.17. The maximum absolute atomic E-state index is 11.9. The minimum atomic E-state index is -1.04. The van der Waals surface area contributed by atoms with E-state index < -0.39 is 5.97 Å². The van der Waals surface area contributed by atoms with E-state index in [9.17, 15) is 14.7 Å². The molecule has 162 valence electrons. The average Bonchev–Trinajstić information content (AvgIpc) is 3.31. The summed E-state index contributed by atoms with van der Waals surface area (Å²) in [6.07, 6.45) is 2.32. The van der Waals surface area contributed by atoms with Crippen molar-refractivity contribution in [1.29, 1.82) is 0 Å². The highest BCUT2D eigenvalue weighted by Crippen LogP contribution is 2.29. The van der Waals surface area contributed by atoms with E-state index in [-0.39, 0.29) is 10.9 Å². The number of nitrogens with zero attached hydrogens (tertiary/aromatic N) is 3. The largest absolute Gasteiger partial charge is 0.477 e. The third-order valence-corrected chi connectivity index (χ3v) is 5.53. The van der Waals surface area contributed by atoms with E-state index in [1.165, 1.54) is 0 Å². The molecule has 0 saturated carbocycles. The molecule has 0 bridgehead atoms. The molecule has 0 aliphatic carbocycles. The van der Waals surface area contributed by atoms with Gasteiger partial charge in [0.25, 0.3) is 0 Å². The van der Waals surface area contributed by atoms with Crippen LogP contribution in [0.1, 0.15) is 47.0 Å². The predicted molar refractivity (Wildman–Crippen MR) is 118 cm³/mol. The Morgan fingerprint density at radius 2 is 1.94 bits per heavy atom. The highest BCUT2D eigenvalue weighted by atomic mass is 32.2. The topological polar surface area (TPSA) is 110 Å². The number of ether oxygens (including phenoxy) is 1. The summed E-state index contributed by atoms with van der Waals surface area (Å²) in [6.45, 7) is 7.90. The van der Waals surface area contributed by atoms with Crippen LogP contribution in [0.3, 0.4) is 0 Å². The number of hydrogen-bond donors (Lipinski definition) is 2. The standard InChI is InChI=1S/C22H24N4O4S/c1-5-19-23-22(25-24-19)31-18(20(27)28)12-16-11-13(3)26(14(16)4)17-9-7-15(8-10-17)21(29)30-6-2/h7-12H,5-6H2,1-4H3,(H,27,28)(H,23,24,25)/b18-12-. The van der Waals surface area contributed by atoms with E-state index in [1.807, 2.05) is 43.5 Å². The number of H-pyrrole nitrogens is 1. The lowest BCUT2D eigenvalue weighted by Crippen LogP contribution is -2.05. The molecule has 0 atom stereocenters. The van der Waals surface area contributed by atoms with Gasteiger partial charge < -0.3 is 14.4 Å². The molecule has 0 spiro atoms. The van der Waals surface area contributed by atoms with Gasteiger partial charge in [-0.1, -0.05) is 6.92 Å². The molecule has 0 aliphatic heterocycles. The van der Waals surface area contributed by atoms with Crippen LogP contribution in [-0.4, -0.2) is 43.4 Å². The van der Waals surface area contributed by atoms with Crippen molar-refractivity contribution in [3.05, 3.63) is 63.6 Å². The number of nitrogens with one attached hydrogen (secondary N) is 1. The number of rotatable bonds is 8. The number of carboxylic acid groups (broad SMARTS) is 1. The Morgan fingerprint density at radius 1 is 1.23 bits per heavy atom. The summed E-state index contributed by atoms with van der Waals surface area (Å²) < 4.78 is 7.03. The molecule has 0 amide bonds. The van der Waals surface area contributed by atoms with Gasteiger partial charge in [0.15, 0.2) is 0 Å². The van der Waals surface area contributed by atoms with Gasteiger partial charge in [-0.2, -0.15) is 0 Å². The summed E-state index contributed by atoms with van der Waals surface area (Å²) in [6, 6.07) is 9.04. The van der Waals surface area contributed by atoms with Crippen molar-refractivity contribution in [2.45, 2.75) is 39.3 Å². The lowest BCUT2D eigenvalue weighted by atomic mass is 10.2. The van der Waals surface area contributed by atoms with Gasteiger partial charge in [-0.3, -0.25) is 5.10 Å². The van der Waals surface area contributed by atoms with Gasteiger partial charge in [0.2, 0.25) is 5.16 Å². The fourth-order valence-electron chi connectivity index (χ4n) is 3.15. The number of aliphatic carboxylic acids is 1. The molecule has 3 aromatic rings. The molecule has 0 aliphatic rings. The molecule has 9 heteroatoms. The SMILES string of the molecule is CCOC(=O)c1ccc(-n2c(C)cc(/C=C(\Sc3n[nH]c(CC)n3)C(=O)O)c2C)cc1. The van der Waals surface area contributed by atoms with Gasteiger partial charge in [-0.25, -0.2) is 14.6 Å². The number of esters is 1. The second-order valence-electron chi connectivity index (χ2n) is 6.76. The van der Waals surface area contributed by atoms with Crippen molar-refractivity contribution >= 4 is 29.8 Å². The van der Waals surface area contributed by atoms with Crippen molar-refractivity contribution in [2.24, 2.45) is 0 Å². The molecule has 1 aromatic carbocycles. The minimum absolute atomic E-state index is 0.125. The van der Waals surface area contributed by atoms with Crippen molar-refractivity contribution in [2.75, 3.05) is 6.61 Å². The number of aromatic nitrogens is 4. The Kier molecular flexibility index (Phi) is 6.96. The van der Waals surface area contributed by atoms with Crippen molar-refractivity contribution in [3.63, 3.8) is 0 Å². The maximum atomic E-state index is 11.9. The summed E-state index contributed by atoms with van der Waals surface area (Å²) >= 11 is 1.00. The van der Waals surface area contributed by atoms with Crippen LogP contribution in [0.25, 0.3) is 11.8 Å². The highest BCUT2D eigenvalue weighted by molar-refractivity contribution is 8.04. The summed E-state index contributed by atoms with van der Waals surface area (Å²) in [5.74, 6) is -0.701. The third kappa shape index (κ3) is 5.05. The molecule has 2 N–H and O–H groups in total. The van der Waals surface area contributed by atoms with E-state index in [4.69, 9.17) is 4.74 Å². The second-order valence-corrected chi connectivity index (χ2v) is 7.77. The molecular formula is C22H24N4O4S. The van der Waals surface area contributed by atoms with Gasteiger partial charge in [0.1, 0.15) is 10.7 Å². The van der Waals surface area contributed by atoms with Crippen molar-refractivity contribution in [3.8, 4) is 5.69 Å². The van der Waals surface area contributed by atoms with Crippen LogP contribution in [0, 0.1) is 13.8 Å². The van der Waals surface area contributed by atoms with Crippen molar-refractivity contribution in [1.82, 2.24) is 19.7 Å². The molecule has 0 saturated heterocycles. The van der Waals surface area contributed by atoms with E-state index >= 15 is 0 Å². The Morgan fingerprint density at radius 3 is 2.52 bits per heavy atom. The first-order valence-corrected chi connectivity index (χ1v) is 10.7. The Labute approximate surface area is 184 Å². The number of carboxylic acids is 1. The molecule has 2 aromatic heterocycles. The molecule has 0 radical (unpaired) electrons. The van der Waals surface area contributed by atoms with Crippen LogP contribution in [0.5, 0.6) is 0 Å². The first kappa shape index (κ1) is 22.4. The zero-order valence-electron chi connectivity index (χ0n) is 17.8. The number of aromatic amines is 1. The molecule has 0 fully saturated rings. The quantitative estimate of drug-likeness (QED) is 0.307. The zero-order valence-corrected chi connectivity index (χ0v) is 18.6. The third-order valence-electron chi connectivity index (χ3n) is 4.65. The van der Waals surface area contributed by atoms with Gasteiger partial charge >= 0.3 is 11.9 Å². The van der Waals surface area contributed by atoms with Crippen molar-refractivity contribution < 1.29 is 19.4 Å². The Bertz CT molecular complexity index is 1130. The van der Waals surface area contributed by atoms with Crippen LogP contribution in [0.2, 0.25) is 0 Å². The smallest absolute Gasteiger partial charge is 0.342 e. The Balaban J connectivity index is 1.92. The lowest BCUT2D eigenvalue weighted by molar-refractivity contribution is -0.131. The Hall–Kier alpha value is -3.33. The van der Waals surface area contributed by atoms with Crippen LogP contribution in [0.4, 0.5) is 0 Å². The monoisotopic (exact) mass is 440 g/mol. The fourth-order valence-corrected chi connectivity index (χ4v) is 3.87. The number of carbonyl (C=O) groups excluding carboxylic acids is 1. The molecule has 3 rings (SSSR count). The average molecular weight is 441 g/mol. The predicted octanol–water partition coefficient (Wildman–Crippen LogP) is 4.17. The molecule has 31 heavy (non-hydrogen) atoms. The number of hydrogen-bond acceptors (Lipinski definition) is 6. The molecule has 8 nitrogen and oxygen atoms in total. The molecule has 0 unspecified atom stereocenters. The summed E-state index contributed by atoms with van der Waals surface area (Å²) in [7, 11) is 0. The zero-order chi connectivity index (χ0) is 22.5. The van der Waals surface area contributed by atoms with Crippen LogP contribution in [0.15, 0.2) is 40.4 Å². The minimum Gasteiger partial charge on any atom is -0.477 e. The van der Waals surface area contributed by atoms with Gasteiger partial charge in [0.05, 0.1) is 12.2 Å². The van der Waals surface area contributed by atoms with E-state index in [1.54, 1.807) is 25.1 Å². The molecular weight excluding hydrogens is 416 g/mol. The summed E-state index contributed by atoms with van der Waals surface area (Å²) in [5, 5.41) is 16.9. The normalized spacial score (nSPS) is 11.5. The van der Waals surface area contributed by atoms with E-state index in [2.05, 4.69) is 15.2 Å². The summed E-state index contributed by atoms with van der Waals surface area (Å²) in [5.41, 5.74) is 3.95. The van der Waals surface area contributed by atoms with Crippen LogP contribution in [-0.2, 0) is 16.0 Å². The van der Waals surface area contributed by atoms with Gasteiger partial charge in [0, 0.05) is 23.5 Å². The van der Waals surface area contributed by atoms with Crippen LogP contribution < -0.4 is 0 Å². The fraction of sp³-hybridized carbons (Fsp3) is 0.273. The van der Waals surface area contributed by atoms with Gasteiger partial charge in [-0.15, -0.1) is 5.10 Å². The summed E-state index contributed by atoms with van der Waals surface area (Å²) in [4.78, 5) is 28.1. The van der Waals surface area contributed by atoms with Crippen LogP contribution >= 0.6 is 11.8 Å². The number of thioether (sulfide) groups is 1.